The molecule has 0 aromatic heterocycles. The summed E-state index contributed by atoms with van der Waals surface area (Å²) < 4.78 is 6.09. The van der Waals surface area contributed by atoms with Crippen molar-refractivity contribution in [3.63, 3.8) is 0 Å². The molecule has 3 heterocycles. The Balaban J connectivity index is 1.54. The summed E-state index contributed by atoms with van der Waals surface area (Å²) >= 11 is 3.99. The van der Waals surface area contributed by atoms with Gasteiger partial charge in [0.05, 0.1) is 5.60 Å². The lowest BCUT2D eigenvalue weighted by molar-refractivity contribution is -0.138. The van der Waals surface area contributed by atoms with Crippen LogP contribution in [0.4, 0.5) is 0 Å². The first kappa shape index (κ1) is 15.2. The second-order valence-corrected chi connectivity index (χ2v) is 8.60. The number of Topliss-reactive ketones (excluding diaryl/α,β-unsaturated/α-hetero) is 1. The van der Waals surface area contributed by atoms with E-state index in [4.69, 9.17) is 4.74 Å². The van der Waals surface area contributed by atoms with Crippen LogP contribution in [-0.4, -0.2) is 53.6 Å². The smallest absolute Gasteiger partial charge is 0.137 e. The van der Waals surface area contributed by atoms with Crippen molar-refractivity contribution in [2.24, 2.45) is 5.92 Å². The summed E-state index contributed by atoms with van der Waals surface area (Å²) in [5.74, 6) is 5.40. The molecule has 1 spiro atoms. The topological polar surface area (TPSA) is 38.3 Å². The number of ketones is 1. The standard InChI is InChI=1S/C15H25NO2S2/c17-14(9-13-11-20-8-4-16-13)12-1-5-18-15(10-12)2-6-19-7-3-15/h12-13,16H,1-11H2. The Morgan fingerprint density at radius 1 is 1.25 bits per heavy atom. The molecular weight excluding hydrogens is 290 g/mol. The van der Waals surface area contributed by atoms with E-state index in [1.54, 1.807) is 0 Å². The first-order valence-corrected chi connectivity index (χ1v) is 10.1. The fourth-order valence-corrected chi connectivity index (χ4v) is 5.74. The van der Waals surface area contributed by atoms with Gasteiger partial charge in [-0.2, -0.15) is 23.5 Å². The molecule has 0 aromatic rings. The Kier molecular flexibility index (Phi) is 5.34. The van der Waals surface area contributed by atoms with Crippen LogP contribution in [0.25, 0.3) is 0 Å². The molecule has 114 valence electrons. The van der Waals surface area contributed by atoms with E-state index in [1.165, 1.54) is 17.3 Å². The molecule has 3 aliphatic rings. The van der Waals surface area contributed by atoms with E-state index < -0.39 is 0 Å². The number of rotatable bonds is 3. The summed E-state index contributed by atoms with van der Waals surface area (Å²) in [4.78, 5) is 12.6. The third kappa shape index (κ3) is 3.73. The van der Waals surface area contributed by atoms with Gasteiger partial charge in [0.15, 0.2) is 0 Å². The molecule has 0 bridgehead atoms. The first-order chi connectivity index (χ1) is 9.77. The molecule has 0 radical (unpaired) electrons. The van der Waals surface area contributed by atoms with Gasteiger partial charge in [0.1, 0.15) is 5.78 Å². The average molecular weight is 316 g/mol. The maximum atomic E-state index is 12.6. The van der Waals surface area contributed by atoms with Crippen molar-refractivity contribution >= 4 is 29.3 Å². The fraction of sp³-hybridized carbons (Fsp3) is 0.933. The molecular formula is C15H25NO2S2. The fourth-order valence-electron chi connectivity index (χ4n) is 3.55. The van der Waals surface area contributed by atoms with Crippen LogP contribution in [0, 0.1) is 5.92 Å². The highest BCUT2D eigenvalue weighted by Gasteiger charge is 2.41. The van der Waals surface area contributed by atoms with E-state index in [9.17, 15) is 4.79 Å². The summed E-state index contributed by atoms with van der Waals surface area (Å²) in [6, 6.07) is 0.405. The Bertz CT molecular complexity index is 333. The number of thioether (sulfide) groups is 2. The van der Waals surface area contributed by atoms with Crippen LogP contribution in [0.5, 0.6) is 0 Å². The molecule has 20 heavy (non-hydrogen) atoms. The summed E-state index contributed by atoms with van der Waals surface area (Å²) in [6.07, 6.45) is 4.92. The van der Waals surface area contributed by atoms with E-state index >= 15 is 0 Å². The number of carbonyl (C=O) groups excluding carboxylic acids is 1. The average Bonchev–Trinajstić information content (AvgIpc) is 2.49. The van der Waals surface area contributed by atoms with Crippen molar-refractivity contribution in [1.82, 2.24) is 5.32 Å². The lowest BCUT2D eigenvalue weighted by Gasteiger charge is -2.43. The third-order valence-corrected chi connectivity index (χ3v) is 6.91. The van der Waals surface area contributed by atoms with Crippen molar-refractivity contribution in [2.75, 3.05) is 36.2 Å². The molecule has 3 rings (SSSR count). The van der Waals surface area contributed by atoms with Crippen LogP contribution in [0.15, 0.2) is 0 Å². The SMILES string of the molecule is O=C(CC1CSCCN1)C1CCOC2(CCSCC2)C1. The number of nitrogens with one attached hydrogen (secondary N) is 1. The maximum absolute atomic E-state index is 12.6. The second kappa shape index (κ2) is 7.03. The lowest BCUT2D eigenvalue weighted by atomic mass is 9.79. The molecule has 0 aromatic carbocycles. The van der Waals surface area contributed by atoms with Crippen molar-refractivity contribution in [2.45, 2.75) is 43.7 Å². The normalized spacial score (nSPS) is 34.0. The molecule has 2 atom stereocenters. The summed E-state index contributed by atoms with van der Waals surface area (Å²) in [5, 5.41) is 3.48. The predicted molar refractivity (Wildman–Crippen MR) is 86.7 cm³/mol. The summed E-state index contributed by atoms with van der Waals surface area (Å²) in [7, 11) is 0. The van der Waals surface area contributed by atoms with Gasteiger partial charge in [-0.25, -0.2) is 0 Å². The minimum atomic E-state index is 0.0402. The molecule has 0 amide bonds. The summed E-state index contributed by atoms with van der Waals surface area (Å²) in [6.45, 7) is 1.84. The van der Waals surface area contributed by atoms with Gasteiger partial charge in [-0.05, 0) is 37.2 Å². The zero-order chi connectivity index (χ0) is 13.8. The van der Waals surface area contributed by atoms with Crippen molar-refractivity contribution in [3.05, 3.63) is 0 Å². The lowest BCUT2D eigenvalue weighted by Crippen LogP contribution is -2.46. The molecule has 2 unspecified atom stereocenters. The Morgan fingerprint density at radius 3 is 2.85 bits per heavy atom. The largest absolute Gasteiger partial charge is 0.375 e. The minimum Gasteiger partial charge on any atom is -0.375 e. The molecule has 3 aliphatic heterocycles. The van der Waals surface area contributed by atoms with E-state index in [1.807, 2.05) is 23.5 Å². The Hall–Kier alpha value is 0.290. The highest BCUT2D eigenvalue weighted by atomic mass is 32.2. The van der Waals surface area contributed by atoms with E-state index in [-0.39, 0.29) is 11.5 Å². The Labute approximate surface area is 130 Å². The van der Waals surface area contributed by atoms with Crippen LogP contribution >= 0.6 is 23.5 Å². The van der Waals surface area contributed by atoms with E-state index in [0.717, 1.165) is 51.0 Å². The molecule has 0 saturated carbocycles. The molecule has 0 aliphatic carbocycles. The van der Waals surface area contributed by atoms with Crippen LogP contribution in [0.3, 0.4) is 0 Å². The Morgan fingerprint density at radius 2 is 2.10 bits per heavy atom. The molecule has 3 saturated heterocycles. The number of hydrogen-bond acceptors (Lipinski definition) is 5. The van der Waals surface area contributed by atoms with Gasteiger partial charge >= 0.3 is 0 Å². The van der Waals surface area contributed by atoms with Crippen molar-refractivity contribution in [1.29, 1.82) is 0 Å². The van der Waals surface area contributed by atoms with Gasteiger partial charge in [0.25, 0.3) is 0 Å². The quantitative estimate of drug-likeness (QED) is 0.865. The molecule has 3 fully saturated rings. The maximum Gasteiger partial charge on any atom is 0.137 e. The zero-order valence-corrected chi connectivity index (χ0v) is 13.7. The van der Waals surface area contributed by atoms with Crippen LogP contribution in [-0.2, 0) is 9.53 Å². The number of hydrogen-bond donors (Lipinski definition) is 1. The highest BCUT2D eigenvalue weighted by molar-refractivity contribution is 7.99. The number of ether oxygens (including phenoxy) is 1. The highest BCUT2D eigenvalue weighted by Crippen LogP contribution is 2.40. The van der Waals surface area contributed by atoms with Gasteiger partial charge < -0.3 is 10.1 Å². The van der Waals surface area contributed by atoms with Crippen LogP contribution < -0.4 is 5.32 Å². The van der Waals surface area contributed by atoms with Crippen molar-refractivity contribution in [3.8, 4) is 0 Å². The van der Waals surface area contributed by atoms with Gasteiger partial charge in [-0.1, -0.05) is 0 Å². The zero-order valence-electron chi connectivity index (χ0n) is 12.1. The van der Waals surface area contributed by atoms with E-state index in [2.05, 4.69) is 5.32 Å². The van der Waals surface area contributed by atoms with Crippen molar-refractivity contribution < 1.29 is 9.53 Å². The molecule has 5 heteroatoms. The first-order valence-electron chi connectivity index (χ1n) is 7.83. The van der Waals surface area contributed by atoms with Gasteiger partial charge in [0.2, 0.25) is 0 Å². The number of carbonyl (C=O) groups is 1. The van der Waals surface area contributed by atoms with Gasteiger partial charge in [-0.15, -0.1) is 0 Å². The van der Waals surface area contributed by atoms with Gasteiger partial charge in [-0.3, -0.25) is 4.79 Å². The monoisotopic (exact) mass is 315 g/mol. The summed E-state index contributed by atoms with van der Waals surface area (Å²) in [5.41, 5.74) is 0.0402. The third-order valence-electron chi connectivity index (χ3n) is 4.80. The van der Waals surface area contributed by atoms with E-state index in [0.29, 0.717) is 11.8 Å². The molecule has 3 nitrogen and oxygen atoms in total. The predicted octanol–water partition coefficient (Wildman–Crippen LogP) is 2.34. The van der Waals surface area contributed by atoms with Crippen LogP contribution in [0.1, 0.15) is 32.1 Å². The van der Waals surface area contributed by atoms with Crippen LogP contribution in [0.2, 0.25) is 0 Å². The van der Waals surface area contributed by atoms with Gasteiger partial charge in [0, 0.05) is 43.0 Å². The second-order valence-electron chi connectivity index (χ2n) is 6.23. The minimum absolute atomic E-state index is 0.0402. The molecule has 1 N–H and O–H groups in total.